The highest BCUT2D eigenvalue weighted by Gasteiger charge is 2.38. The van der Waals surface area contributed by atoms with Crippen LogP contribution in [0.1, 0.15) is 12.6 Å². The van der Waals surface area contributed by atoms with Crippen LogP contribution in [-0.2, 0) is 21.8 Å². The molecule has 3 aromatic rings. The van der Waals surface area contributed by atoms with Gasteiger partial charge in [0, 0.05) is 62.4 Å². The standard InChI is InChI=1S/C30H37N5O6S/c1-19(28(16-31)42(39,40)32-17-27-30(38)29(37)26(36)18-41-27)24-8-9-25(34(24)3)22-5-4-21-15-23(7-6-20(21)14-22)35-12-10-33(2)11-13-35/h4-9,14-15,26-27,29-30,32,36-38H,10-13,17-18H2,1-3H3/b28-19+/t26-,27+,29+,30+/m0/s1. The molecule has 1 aromatic heterocycles. The minimum Gasteiger partial charge on any atom is -0.388 e. The molecule has 42 heavy (non-hydrogen) atoms. The normalized spacial score (nSPS) is 24.5. The van der Waals surface area contributed by atoms with Crippen molar-refractivity contribution in [3.63, 3.8) is 0 Å². The average molecular weight is 596 g/mol. The van der Waals surface area contributed by atoms with E-state index >= 15 is 0 Å². The topological polar surface area (TPSA) is 151 Å². The van der Waals surface area contributed by atoms with Crippen molar-refractivity contribution in [1.29, 1.82) is 5.26 Å². The maximum Gasteiger partial charge on any atom is 0.251 e. The number of hydrogen-bond acceptors (Lipinski definition) is 9. The predicted octanol–water partition coefficient (Wildman–Crippen LogP) is 1.25. The van der Waals surface area contributed by atoms with Crippen molar-refractivity contribution in [2.24, 2.45) is 7.05 Å². The minimum atomic E-state index is -4.28. The number of hydrogen-bond donors (Lipinski definition) is 4. The summed E-state index contributed by atoms with van der Waals surface area (Å²) in [4.78, 5) is 4.27. The number of nitrogens with zero attached hydrogens (tertiary/aromatic N) is 4. The van der Waals surface area contributed by atoms with E-state index in [4.69, 9.17) is 4.74 Å². The van der Waals surface area contributed by atoms with Gasteiger partial charge in [0.25, 0.3) is 10.0 Å². The Bertz CT molecular complexity index is 1640. The zero-order valence-electron chi connectivity index (χ0n) is 23.9. The van der Waals surface area contributed by atoms with Gasteiger partial charge in [0.05, 0.1) is 12.7 Å². The van der Waals surface area contributed by atoms with Gasteiger partial charge in [-0.2, -0.15) is 5.26 Å². The van der Waals surface area contributed by atoms with Crippen LogP contribution >= 0.6 is 0 Å². The average Bonchev–Trinajstić information content (AvgIpc) is 3.36. The van der Waals surface area contributed by atoms with Crippen LogP contribution < -0.4 is 9.62 Å². The first-order valence-corrected chi connectivity index (χ1v) is 15.4. The molecule has 2 aromatic carbocycles. The number of sulfonamides is 1. The Morgan fingerprint density at radius 2 is 1.69 bits per heavy atom. The van der Waals surface area contributed by atoms with Crippen molar-refractivity contribution < 1.29 is 28.5 Å². The number of anilines is 1. The largest absolute Gasteiger partial charge is 0.388 e. The summed E-state index contributed by atoms with van der Waals surface area (Å²) in [5, 5.41) is 41.7. The highest BCUT2D eigenvalue weighted by molar-refractivity contribution is 7.93. The molecule has 0 saturated carbocycles. The summed E-state index contributed by atoms with van der Waals surface area (Å²) >= 11 is 0. The minimum absolute atomic E-state index is 0.247. The third kappa shape index (κ3) is 5.95. The van der Waals surface area contributed by atoms with Gasteiger partial charge in [-0.05, 0) is 60.6 Å². The summed E-state index contributed by atoms with van der Waals surface area (Å²) in [5.41, 5.74) is 3.85. The van der Waals surface area contributed by atoms with Gasteiger partial charge >= 0.3 is 0 Å². The number of ether oxygens (including phenoxy) is 1. The van der Waals surface area contributed by atoms with Gasteiger partial charge < -0.3 is 34.4 Å². The SMILES string of the molecule is C/C(=C(/C#N)S(=O)(=O)NC[C@H]1OC[C@H](O)[C@@H](O)[C@@H]1O)c1ccc(-c2ccc3cc(N4CCN(C)CC4)ccc3c2)n1C. The number of likely N-dealkylation sites (N-methyl/N-ethyl adjacent to an activating group) is 1. The fourth-order valence-corrected chi connectivity index (χ4v) is 6.76. The van der Waals surface area contributed by atoms with Gasteiger partial charge in [0.2, 0.25) is 0 Å². The number of aliphatic hydroxyl groups is 3. The summed E-state index contributed by atoms with van der Waals surface area (Å²) < 4.78 is 35.7. The molecule has 0 bridgehead atoms. The van der Waals surface area contributed by atoms with Gasteiger partial charge in [0.15, 0.2) is 4.91 Å². The molecular weight excluding hydrogens is 558 g/mol. The zero-order chi connectivity index (χ0) is 30.2. The van der Waals surface area contributed by atoms with E-state index in [0.29, 0.717) is 5.69 Å². The summed E-state index contributed by atoms with van der Waals surface area (Å²) in [6.07, 6.45) is -5.29. The molecule has 2 saturated heterocycles. The number of benzene rings is 2. The van der Waals surface area contributed by atoms with E-state index in [1.165, 1.54) is 5.69 Å². The Labute approximate surface area is 245 Å². The summed E-state index contributed by atoms with van der Waals surface area (Å²) in [6.45, 7) is 5.03. The molecule has 12 heteroatoms. The molecule has 2 aliphatic rings. The third-order valence-corrected chi connectivity index (χ3v) is 9.77. The fraction of sp³-hybridized carbons (Fsp3) is 0.433. The lowest BCUT2D eigenvalue weighted by atomic mass is 10.0. The van der Waals surface area contributed by atoms with Crippen molar-refractivity contribution in [3.8, 4) is 17.3 Å². The van der Waals surface area contributed by atoms with Crippen LogP contribution in [0.4, 0.5) is 5.69 Å². The highest BCUT2D eigenvalue weighted by atomic mass is 32.2. The summed E-state index contributed by atoms with van der Waals surface area (Å²) in [7, 11) is -0.315. The van der Waals surface area contributed by atoms with Crippen molar-refractivity contribution in [3.05, 3.63) is 59.1 Å². The molecule has 2 aliphatic heterocycles. The first-order valence-electron chi connectivity index (χ1n) is 13.9. The molecule has 4 N–H and O–H groups in total. The Kier molecular flexibility index (Phi) is 8.73. The Hall–Kier alpha value is -3.28. The Morgan fingerprint density at radius 1 is 1.00 bits per heavy atom. The maximum atomic E-state index is 13.1. The first-order chi connectivity index (χ1) is 20.0. The predicted molar refractivity (Wildman–Crippen MR) is 161 cm³/mol. The monoisotopic (exact) mass is 595 g/mol. The molecule has 0 radical (unpaired) electrons. The maximum absolute atomic E-state index is 13.1. The Balaban J connectivity index is 1.36. The second-order valence-electron chi connectivity index (χ2n) is 11.0. The van der Waals surface area contributed by atoms with E-state index in [1.54, 1.807) is 19.1 Å². The fourth-order valence-electron chi connectivity index (χ4n) is 5.60. The second kappa shape index (κ2) is 12.1. The number of rotatable bonds is 7. The van der Waals surface area contributed by atoms with Crippen LogP contribution in [-0.4, -0.2) is 104 Å². The molecule has 11 nitrogen and oxygen atoms in total. The number of piperazine rings is 1. The van der Waals surface area contributed by atoms with Gasteiger partial charge in [-0.25, -0.2) is 13.1 Å². The lowest BCUT2D eigenvalue weighted by molar-refractivity contribution is -0.184. The number of fused-ring (bicyclic) bond motifs is 1. The number of aliphatic hydroxyl groups excluding tert-OH is 3. The van der Waals surface area contributed by atoms with E-state index < -0.39 is 39.3 Å². The lowest BCUT2D eigenvalue weighted by Gasteiger charge is -2.35. The summed E-state index contributed by atoms with van der Waals surface area (Å²) in [5.74, 6) is 0. The van der Waals surface area contributed by atoms with E-state index in [1.807, 2.05) is 23.7 Å². The lowest BCUT2D eigenvalue weighted by Crippen LogP contribution is -2.56. The molecule has 0 spiro atoms. The Morgan fingerprint density at radius 3 is 2.40 bits per heavy atom. The van der Waals surface area contributed by atoms with Gasteiger partial charge in [-0.15, -0.1) is 0 Å². The van der Waals surface area contributed by atoms with Gasteiger partial charge in [0.1, 0.15) is 24.4 Å². The molecule has 224 valence electrons. The smallest absolute Gasteiger partial charge is 0.251 e. The number of nitrogens with one attached hydrogen (secondary N) is 1. The van der Waals surface area contributed by atoms with Crippen LogP contribution in [0.25, 0.3) is 27.6 Å². The molecule has 5 rings (SSSR count). The highest BCUT2D eigenvalue weighted by Crippen LogP contribution is 2.31. The van der Waals surface area contributed by atoms with Crippen LogP contribution in [0.5, 0.6) is 0 Å². The van der Waals surface area contributed by atoms with E-state index in [2.05, 4.69) is 51.9 Å². The summed E-state index contributed by atoms with van der Waals surface area (Å²) in [6, 6.07) is 18.2. The number of nitriles is 1. The molecule has 4 atom stereocenters. The molecule has 0 amide bonds. The second-order valence-corrected chi connectivity index (χ2v) is 12.7. The van der Waals surface area contributed by atoms with Crippen molar-refractivity contribution in [2.75, 3.05) is 51.3 Å². The first kappa shape index (κ1) is 30.2. The van der Waals surface area contributed by atoms with Crippen LogP contribution in [0.3, 0.4) is 0 Å². The molecule has 2 fully saturated rings. The van der Waals surface area contributed by atoms with Crippen molar-refractivity contribution in [1.82, 2.24) is 14.2 Å². The van der Waals surface area contributed by atoms with Crippen LogP contribution in [0, 0.1) is 11.3 Å². The van der Waals surface area contributed by atoms with Crippen LogP contribution in [0.15, 0.2) is 53.4 Å². The van der Waals surface area contributed by atoms with Crippen molar-refractivity contribution in [2.45, 2.75) is 31.3 Å². The molecule has 0 aliphatic carbocycles. The van der Waals surface area contributed by atoms with E-state index in [0.717, 1.165) is 48.2 Å². The number of aromatic nitrogens is 1. The van der Waals surface area contributed by atoms with Gasteiger partial charge in [-0.3, -0.25) is 0 Å². The van der Waals surface area contributed by atoms with Gasteiger partial charge in [-0.1, -0.05) is 18.2 Å². The molecule has 0 unspecified atom stereocenters. The van der Waals surface area contributed by atoms with E-state index in [-0.39, 0.29) is 18.7 Å². The molecular formula is C30H37N5O6S. The van der Waals surface area contributed by atoms with Crippen LogP contribution in [0.2, 0.25) is 0 Å². The third-order valence-electron chi connectivity index (χ3n) is 8.29. The number of allylic oxidation sites excluding steroid dienone is 2. The van der Waals surface area contributed by atoms with E-state index in [9.17, 15) is 29.0 Å². The zero-order valence-corrected chi connectivity index (χ0v) is 24.8. The molecule has 3 heterocycles. The van der Waals surface area contributed by atoms with Crippen molar-refractivity contribution >= 4 is 32.1 Å². The quantitative estimate of drug-likeness (QED) is 0.296.